The molecule has 1 aromatic heterocycles. The van der Waals surface area contributed by atoms with Crippen molar-refractivity contribution in [1.29, 1.82) is 0 Å². The summed E-state index contributed by atoms with van der Waals surface area (Å²) in [4.78, 5) is 3.18. The van der Waals surface area contributed by atoms with Gasteiger partial charge in [0.2, 0.25) is 0 Å². The van der Waals surface area contributed by atoms with E-state index in [2.05, 4.69) is 67.0 Å². The van der Waals surface area contributed by atoms with Crippen LogP contribution in [0.15, 0.2) is 30.3 Å². The molecule has 0 spiro atoms. The zero-order chi connectivity index (χ0) is 12.4. The van der Waals surface area contributed by atoms with Gasteiger partial charge in [0.05, 0.1) is 4.83 Å². The molecule has 2 aromatic rings. The van der Waals surface area contributed by atoms with Crippen molar-refractivity contribution >= 4 is 27.3 Å². The fraction of sp³-hybridized carbons (Fsp3) is 0.333. The molecular formula is C15H17BrS. The molecule has 0 bridgehead atoms. The first-order valence-corrected chi connectivity index (χ1v) is 7.65. The van der Waals surface area contributed by atoms with Crippen LogP contribution < -0.4 is 0 Å². The smallest absolute Gasteiger partial charge is 0.0743 e. The Bertz CT molecular complexity index is 493. The fourth-order valence-corrected chi connectivity index (χ4v) is 4.19. The molecule has 1 unspecified atom stereocenters. The average molecular weight is 309 g/mol. The topological polar surface area (TPSA) is 0 Å². The molecule has 0 fully saturated rings. The van der Waals surface area contributed by atoms with Crippen LogP contribution in [0, 0.1) is 13.8 Å². The van der Waals surface area contributed by atoms with Crippen LogP contribution in [0.4, 0.5) is 0 Å². The van der Waals surface area contributed by atoms with Gasteiger partial charge >= 0.3 is 0 Å². The average Bonchev–Trinajstić information content (AvgIpc) is 2.77. The van der Waals surface area contributed by atoms with Crippen LogP contribution in [-0.2, 0) is 6.42 Å². The van der Waals surface area contributed by atoms with Gasteiger partial charge in [-0.25, -0.2) is 0 Å². The Hall–Kier alpha value is -0.600. The van der Waals surface area contributed by atoms with Gasteiger partial charge in [-0.3, -0.25) is 0 Å². The largest absolute Gasteiger partial charge is 0.144 e. The third kappa shape index (κ3) is 2.63. The summed E-state index contributed by atoms with van der Waals surface area (Å²) in [6.07, 6.45) is 1.12. The highest BCUT2D eigenvalue weighted by atomic mass is 79.9. The summed E-state index contributed by atoms with van der Waals surface area (Å²) in [5.41, 5.74) is 4.13. The number of halogens is 1. The van der Waals surface area contributed by atoms with Gasteiger partial charge < -0.3 is 0 Å². The summed E-state index contributed by atoms with van der Waals surface area (Å²) in [7, 11) is 0. The van der Waals surface area contributed by atoms with Crippen molar-refractivity contribution in [2.24, 2.45) is 0 Å². The number of alkyl halides is 1. The Morgan fingerprint density at radius 2 is 1.76 bits per heavy atom. The molecule has 0 amide bonds. The van der Waals surface area contributed by atoms with Gasteiger partial charge in [0.1, 0.15) is 0 Å². The summed E-state index contributed by atoms with van der Waals surface area (Å²) in [6, 6.07) is 11.0. The Morgan fingerprint density at radius 3 is 2.29 bits per heavy atom. The number of thiophene rings is 1. The molecule has 0 aliphatic heterocycles. The number of benzene rings is 1. The number of aryl methyl sites for hydroxylation is 3. The van der Waals surface area contributed by atoms with Crippen molar-refractivity contribution in [3.05, 3.63) is 56.8 Å². The molecule has 0 aliphatic rings. The van der Waals surface area contributed by atoms with E-state index in [1.54, 1.807) is 0 Å². The van der Waals surface area contributed by atoms with Crippen molar-refractivity contribution in [1.82, 2.24) is 0 Å². The highest BCUT2D eigenvalue weighted by Gasteiger charge is 2.16. The molecule has 17 heavy (non-hydrogen) atoms. The minimum absolute atomic E-state index is 0.328. The summed E-state index contributed by atoms with van der Waals surface area (Å²) in [6.45, 7) is 6.58. The van der Waals surface area contributed by atoms with E-state index in [1.807, 2.05) is 11.3 Å². The molecule has 0 nitrogen and oxygen atoms in total. The molecule has 0 saturated heterocycles. The zero-order valence-corrected chi connectivity index (χ0v) is 12.9. The maximum Gasteiger partial charge on any atom is 0.0743 e. The maximum atomic E-state index is 3.85. The molecule has 0 radical (unpaired) electrons. The highest BCUT2D eigenvalue weighted by molar-refractivity contribution is 9.09. The molecule has 0 saturated carbocycles. The van der Waals surface area contributed by atoms with Crippen molar-refractivity contribution in [3.8, 4) is 0 Å². The highest BCUT2D eigenvalue weighted by Crippen LogP contribution is 2.38. The van der Waals surface area contributed by atoms with E-state index in [1.165, 1.54) is 26.4 Å². The molecule has 0 aliphatic carbocycles. The SMILES string of the molecule is CCc1ccc(C(Br)c2c(C)cccc2C)s1. The lowest BCUT2D eigenvalue weighted by Gasteiger charge is -2.14. The fourth-order valence-electron chi connectivity index (χ4n) is 2.09. The van der Waals surface area contributed by atoms with Crippen LogP contribution in [0.3, 0.4) is 0 Å². The predicted octanol–water partition coefficient (Wildman–Crippen LogP) is 5.41. The van der Waals surface area contributed by atoms with Crippen LogP contribution in [0.5, 0.6) is 0 Å². The van der Waals surface area contributed by atoms with E-state index in [0.717, 1.165) is 6.42 Å². The first-order chi connectivity index (χ1) is 8.13. The second-order valence-electron chi connectivity index (χ2n) is 4.33. The van der Waals surface area contributed by atoms with Crippen LogP contribution in [0.1, 0.15) is 38.2 Å². The lowest BCUT2D eigenvalue weighted by Crippen LogP contribution is -1.96. The Balaban J connectivity index is 2.39. The molecule has 1 atom stereocenters. The molecule has 2 rings (SSSR count). The third-order valence-corrected chi connectivity index (χ3v) is 5.62. The summed E-state index contributed by atoms with van der Waals surface area (Å²) >= 11 is 5.76. The minimum atomic E-state index is 0.328. The normalized spacial score (nSPS) is 12.7. The molecule has 0 N–H and O–H groups in total. The van der Waals surface area contributed by atoms with E-state index < -0.39 is 0 Å². The zero-order valence-electron chi connectivity index (χ0n) is 10.5. The van der Waals surface area contributed by atoms with Crippen LogP contribution >= 0.6 is 27.3 Å². The first-order valence-electron chi connectivity index (χ1n) is 5.92. The van der Waals surface area contributed by atoms with E-state index >= 15 is 0 Å². The Labute approximate surface area is 116 Å². The van der Waals surface area contributed by atoms with Gasteiger partial charge in [0.15, 0.2) is 0 Å². The van der Waals surface area contributed by atoms with Gasteiger partial charge in [-0.2, -0.15) is 0 Å². The summed E-state index contributed by atoms with van der Waals surface area (Å²) in [5.74, 6) is 0. The Morgan fingerprint density at radius 1 is 1.12 bits per heavy atom. The van der Waals surface area contributed by atoms with E-state index in [9.17, 15) is 0 Å². The molecule has 1 heterocycles. The van der Waals surface area contributed by atoms with Gasteiger partial charge in [0, 0.05) is 9.75 Å². The predicted molar refractivity (Wildman–Crippen MR) is 80.4 cm³/mol. The Kier molecular flexibility index (Phi) is 4.05. The number of rotatable bonds is 3. The number of hydrogen-bond acceptors (Lipinski definition) is 1. The monoisotopic (exact) mass is 308 g/mol. The molecular weight excluding hydrogens is 292 g/mol. The standard InChI is InChI=1S/C15H17BrS/c1-4-12-8-9-13(17-12)15(16)14-10(2)6-5-7-11(14)3/h5-9,15H,4H2,1-3H3. The van der Waals surface area contributed by atoms with Crippen LogP contribution in [-0.4, -0.2) is 0 Å². The lowest BCUT2D eigenvalue weighted by molar-refractivity contribution is 1.14. The van der Waals surface area contributed by atoms with E-state index in [-0.39, 0.29) is 0 Å². The lowest BCUT2D eigenvalue weighted by atomic mass is 9.99. The number of hydrogen-bond donors (Lipinski definition) is 0. The second kappa shape index (κ2) is 5.36. The third-order valence-electron chi connectivity index (χ3n) is 3.08. The molecule has 1 aromatic carbocycles. The van der Waals surface area contributed by atoms with E-state index in [0.29, 0.717) is 4.83 Å². The summed E-state index contributed by atoms with van der Waals surface area (Å²) < 4.78 is 0. The van der Waals surface area contributed by atoms with Crippen LogP contribution in [0.2, 0.25) is 0 Å². The van der Waals surface area contributed by atoms with Crippen molar-refractivity contribution < 1.29 is 0 Å². The van der Waals surface area contributed by atoms with Gasteiger partial charge in [-0.05, 0) is 49.1 Å². The maximum absolute atomic E-state index is 3.85. The van der Waals surface area contributed by atoms with Crippen molar-refractivity contribution in [2.75, 3.05) is 0 Å². The molecule has 2 heteroatoms. The molecule has 90 valence electrons. The van der Waals surface area contributed by atoms with Gasteiger partial charge in [-0.15, -0.1) is 11.3 Å². The second-order valence-corrected chi connectivity index (χ2v) is 6.44. The quantitative estimate of drug-likeness (QED) is 0.665. The van der Waals surface area contributed by atoms with E-state index in [4.69, 9.17) is 0 Å². The first kappa shape index (κ1) is 12.8. The van der Waals surface area contributed by atoms with Crippen molar-refractivity contribution in [2.45, 2.75) is 32.0 Å². The minimum Gasteiger partial charge on any atom is -0.144 e. The van der Waals surface area contributed by atoms with Gasteiger partial charge in [-0.1, -0.05) is 41.1 Å². The summed E-state index contributed by atoms with van der Waals surface area (Å²) in [5, 5.41) is 0. The van der Waals surface area contributed by atoms with Gasteiger partial charge in [0.25, 0.3) is 0 Å². The van der Waals surface area contributed by atoms with Crippen LogP contribution in [0.25, 0.3) is 0 Å². The van der Waals surface area contributed by atoms with Crippen molar-refractivity contribution in [3.63, 3.8) is 0 Å².